The topological polar surface area (TPSA) is 66.4 Å². The molecule has 24 heavy (non-hydrogen) atoms. The molecule has 2 N–H and O–H groups in total. The SMILES string of the molecule is O=C(CCc1ccc(C(=O)O)cc1)N[C@H]1CCCC[C@H]1C(F)(F)F. The van der Waals surface area contributed by atoms with Crippen LogP contribution in [0.4, 0.5) is 13.2 Å². The van der Waals surface area contributed by atoms with E-state index in [1.807, 2.05) is 0 Å². The molecule has 132 valence electrons. The van der Waals surface area contributed by atoms with Crippen molar-refractivity contribution >= 4 is 11.9 Å². The Hall–Kier alpha value is -2.05. The molecule has 2 rings (SSSR count). The monoisotopic (exact) mass is 343 g/mol. The number of nitrogens with one attached hydrogen (secondary N) is 1. The fraction of sp³-hybridized carbons (Fsp3) is 0.529. The molecule has 0 unspecified atom stereocenters. The van der Waals surface area contributed by atoms with E-state index < -0.39 is 30.0 Å². The zero-order valence-corrected chi connectivity index (χ0v) is 13.1. The predicted octanol–water partition coefficient (Wildman–Crippen LogP) is 3.55. The van der Waals surface area contributed by atoms with Crippen molar-refractivity contribution < 1.29 is 27.9 Å². The lowest BCUT2D eigenvalue weighted by Gasteiger charge is -2.33. The molecule has 1 fully saturated rings. The Morgan fingerprint density at radius 2 is 1.75 bits per heavy atom. The highest BCUT2D eigenvalue weighted by Crippen LogP contribution is 2.37. The van der Waals surface area contributed by atoms with E-state index in [1.165, 1.54) is 12.1 Å². The van der Waals surface area contributed by atoms with Crippen molar-refractivity contribution in [3.05, 3.63) is 35.4 Å². The molecule has 7 heteroatoms. The van der Waals surface area contributed by atoms with Gasteiger partial charge in [0.1, 0.15) is 0 Å². The van der Waals surface area contributed by atoms with Gasteiger partial charge in [0.2, 0.25) is 5.91 Å². The van der Waals surface area contributed by atoms with Gasteiger partial charge in [-0.15, -0.1) is 0 Å². The van der Waals surface area contributed by atoms with E-state index in [2.05, 4.69) is 5.32 Å². The molecule has 1 amide bonds. The van der Waals surface area contributed by atoms with E-state index in [0.717, 1.165) is 5.56 Å². The number of hydrogen-bond acceptors (Lipinski definition) is 2. The molecule has 0 aliphatic heterocycles. The number of aromatic carboxylic acids is 1. The first-order chi connectivity index (χ1) is 11.3. The Morgan fingerprint density at radius 1 is 1.12 bits per heavy atom. The lowest BCUT2D eigenvalue weighted by molar-refractivity contribution is -0.189. The molecule has 4 nitrogen and oxygen atoms in total. The van der Waals surface area contributed by atoms with E-state index in [0.29, 0.717) is 25.7 Å². The summed E-state index contributed by atoms with van der Waals surface area (Å²) in [5.41, 5.74) is 0.921. The minimum atomic E-state index is -4.29. The predicted molar refractivity (Wildman–Crippen MR) is 81.7 cm³/mol. The van der Waals surface area contributed by atoms with Crippen LogP contribution >= 0.6 is 0 Å². The summed E-state index contributed by atoms with van der Waals surface area (Å²) in [6, 6.07) is 5.25. The average Bonchev–Trinajstić information content (AvgIpc) is 2.53. The highest BCUT2D eigenvalue weighted by atomic mass is 19.4. The fourth-order valence-corrected chi connectivity index (χ4v) is 3.05. The second-order valence-corrected chi connectivity index (χ2v) is 6.11. The zero-order chi connectivity index (χ0) is 17.7. The second-order valence-electron chi connectivity index (χ2n) is 6.11. The van der Waals surface area contributed by atoms with E-state index in [4.69, 9.17) is 5.11 Å². The number of carboxylic acid groups (broad SMARTS) is 1. The van der Waals surface area contributed by atoms with Crippen LogP contribution in [0.15, 0.2) is 24.3 Å². The Balaban J connectivity index is 1.87. The molecule has 0 aromatic heterocycles. The van der Waals surface area contributed by atoms with Gasteiger partial charge >= 0.3 is 12.1 Å². The third kappa shape index (κ3) is 4.97. The number of hydrogen-bond donors (Lipinski definition) is 2. The van der Waals surface area contributed by atoms with Crippen molar-refractivity contribution in [3.63, 3.8) is 0 Å². The van der Waals surface area contributed by atoms with Gasteiger partial charge in [-0.1, -0.05) is 25.0 Å². The summed E-state index contributed by atoms with van der Waals surface area (Å²) in [5, 5.41) is 11.3. The summed E-state index contributed by atoms with van der Waals surface area (Å²) < 4.78 is 39.0. The molecule has 0 radical (unpaired) electrons. The lowest BCUT2D eigenvalue weighted by Crippen LogP contribution is -2.47. The number of aryl methyl sites for hydroxylation is 1. The van der Waals surface area contributed by atoms with Gasteiger partial charge in [-0.2, -0.15) is 13.2 Å². The van der Waals surface area contributed by atoms with E-state index in [-0.39, 0.29) is 18.4 Å². The third-order valence-corrected chi connectivity index (χ3v) is 4.37. The van der Waals surface area contributed by atoms with Crippen molar-refractivity contribution in [1.29, 1.82) is 0 Å². The molecule has 0 spiro atoms. The molecular formula is C17H20F3NO3. The summed E-state index contributed by atoms with van der Waals surface area (Å²) >= 11 is 0. The molecular weight excluding hydrogens is 323 g/mol. The standard InChI is InChI=1S/C17H20F3NO3/c18-17(19,20)13-3-1-2-4-14(13)21-15(22)10-7-11-5-8-12(9-6-11)16(23)24/h5-6,8-9,13-14H,1-4,7,10H2,(H,21,22)(H,23,24)/t13-,14+/m1/s1. The molecule has 1 aliphatic rings. The van der Waals surface area contributed by atoms with Gasteiger partial charge in [0.05, 0.1) is 11.5 Å². The van der Waals surface area contributed by atoms with Gasteiger partial charge in [0, 0.05) is 12.5 Å². The summed E-state index contributed by atoms with van der Waals surface area (Å²) in [4.78, 5) is 22.7. The number of halogens is 3. The highest BCUT2D eigenvalue weighted by molar-refractivity contribution is 5.87. The number of amides is 1. The van der Waals surface area contributed by atoms with Crippen LogP contribution in [0.1, 0.15) is 48.0 Å². The summed E-state index contributed by atoms with van der Waals surface area (Å²) in [7, 11) is 0. The highest BCUT2D eigenvalue weighted by Gasteiger charge is 2.45. The maximum Gasteiger partial charge on any atom is 0.393 e. The van der Waals surface area contributed by atoms with E-state index in [1.54, 1.807) is 12.1 Å². The number of benzene rings is 1. The molecule has 0 bridgehead atoms. The average molecular weight is 343 g/mol. The van der Waals surface area contributed by atoms with Crippen LogP contribution in [0, 0.1) is 5.92 Å². The van der Waals surface area contributed by atoms with Crippen LogP contribution in [0.25, 0.3) is 0 Å². The van der Waals surface area contributed by atoms with Crippen molar-refractivity contribution in [3.8, 4) is 0 Å². The Kier molecular flexibility index (Phi) is 5.85. The maximum absolute atomic E-state index is 13.0. The summed E-state index contributed by atoms with van der Waals surface area (Å²) in [6.45, 7) is 0. The van der Waals surface area contributed by atoms with E-state index >= 15 is 0 Å². The van der Waals surface area contributed by atoms with Gasteiger partial charge in [0.15, 0.2) is 0 Å². The number of alkyl halides is 3. The molecule has 1 aromatic rings. The molecule has 2 atom stereocenters. The molecule has 0 heterocycles. The van der Waals surface area contributed by atoms with Gasteiger partial charge in [-0.05, 0) is 37.0 Å². The molecule has 1 aliphatic carbocycles. The Labute approximate surface area is 138 Å². The lowest BCUT2D eigenvalue weighted by atomic mass is 9.84. The minimum Gasteiger partial charge on any atom is -0.478 e. The Morgan fingerprint density at radius 3 is 2.33 bits per heavy atom. The number of carbonyl (C=O) groups is 2. The first-order valence-corrected chi connectivity index (χ1v) is 7.95. The minimum absolute atomic E-state index is 0.0606. The van der Waals surface area contributed by atoms with Crippen molar-refractivity contribution in [2.75, 3.05) is 0 Å². The van der Waals surface area contributed by atoms with Crippen LogP contribution in [-0.4, -0.2) is 29.2 Å². The fourth-order valence-electron chi connectivity index (χ4n) is 3.05. The van der Waals surface area contributed by atoms with E-state index in [9.17, 15) is 22.8 Å². The van der Waals surface area contributed by atoms with Crippen LogP contribution in [0.3, 0.4) is 0 Å². The maximum atomic E-state index is 13.0. The molecule has 1 saturated carbocycles. The van der Waals surface area contributed by atoms with Crippen molar-refractivity contribution in [2.45, 2.75) is 50.7 Å². The van der Waals surface area contributed by atoms with Crippen molar-refractivity contribution in [1.82, 2.24) is 5.32 Å². The van der Waals surface area contributed by atoms with Crippen LogP contribution in [0.2, 0.25) is 0 Å². The van der Waals surface area contributed by atoms with Gasteiger partial charge in [-0.3, -0.25) is 4.79 Å². The Bertz CT molecular complexity index is 584. The van der Waals surface area contributed by atoms with Crippen LogP contribution < -0.4 is 5.32 Å². The second kappa shape index (κ2) is 7.68. The first kappa shape index (κ1) is 18.3. The van der Waals surface area contributed by atoms with Crippen molar-refractivity contribution in [2.24, 2.45) is 5.92 Å². The third-order valence-electron chi connectivity index (χ3n) is 4.37. The molecule has 0 saturated heterocycles. The van der Waals surface area contributed by atoms with Gasteiger partial charge < -0.3 is 10.4 Å². The first-order valence-electron chi connectivity index (χ1n) is 7.95. The smallest absolute Gasteiger partial charge is 0.393 e. The number of carbonyl (C=O) groups excluding carboxylic acids is 1. The summed E-state index contributed by atoms with van der Waals surface area (Å²) in [6.07, 6.45) is -2.22. The van der Waals surface area contributed by atoms with Crippen LogP contribution in [0.5, 0.6) is 0 Å². The van der Waals surface area contributed by atoms with Gasteiger partial charge in [-0.25, -0.2) is 4.79 Å². The number of carboxylic acids is 1. The normalized spacial score (nSPS) is 21.3. The van der Waals surface area contributed by atoms with Crippen LogP contribution in [-0.2, 0) is 11.2 Å². The zero-order valence-electron chi connectivity index (χ0n) is 13.1. The summed E-state index contributed by atoms with van der Waals surface area (Å²) in [5.74, 6) is -2.90. The quantitative estimate of drug-likeness (QED) is 0.859. The van der Waals surface area contributed by atoms with Gasteiger partial charge in [0.25, 0.3) is 0 Å². The number of rotatable bonds is 5. The molecule has 1 aromatic carbocycles. The largest absolute Gasteiger partial charge is 0.478 e.